The lowest BCUT2D eigenvalue weighted by atomic mass is 10.2. The van der Waals surface area contributed by atoms with Crippen molar-refractivity contribution in [2.45, 2.75) is 6.92 Å². The molecule has 0 radical (unpaired) electrons. The third-order valence-corrected chi connectivity index (χ3v) is 4.96. The average Bonchev–Trinajstić information content (AvgIpc) is 3.06. The van der Waals surface area contributed by atoms with E-state index in [1.54, 1.807) is 16.0 Å². The summed E-state index contributed by atoms with van der Waals surface area (Å²) in [6.07, 6.45) is 0. The summed E-state index contributed by atoms with van der Waals surface area (Å²) < 4.78 is 7.51. The van der Waals surface area contributed by atoms with Crippen molar-refractivity contribution in [3.8, 4) is 5.69 Å². The molecular formula is C16H19N5O2S2. The number of nitrogens with zero attached hydrogens (tertiary/aromatic N) is 4. The highest BCUT2D eigenvalue weighted by Crippen LogP contribution is 2.12. The highest BCUT2D eigenvalue weighted by Gasteiger charge is 2.24. The molecule has 1 aromatic heterocycles. The Morgan fingerprint density at radius 3 is 2.64 bits per heavy atom. The molecule has 1 aliphatic heterocycles. The SMILES string of the molecule is CNC(=S)N=c1sn(-c2ccc(C)cc2)nc1C(=O)N1CCOCC1. The van der Waals surface area contributed by atoms with Crippen molar-refractivity contribution in [2.75, 3.05) is 33.4 Å². The summed E-state index contributed by atoms with van der Waals surface area (Å²) in [5.41, 5.74) is 2.35. The van der Waals surface area contributed by atoms with Crippen LogP contribution in [0.1, 0.15) is 16.1 Å². The van der Waals surface area contributed by atoms with E-state index in [1.165, 1.54) is 11.5 Å². The standard InChI is InChI=1S/C16H19N5O2S2/c1-11-3-5-12(6-4-11)21-19-13(14(25-21)18-16(24)17-2)15(22)20-7-9-23-10-8-20/h3-6H,7-10H2,1-2H3,(H,17,24). The van der Waals surface area contributed by atoms with Gasteiger partial charge in [0.1, 0.15) is 0 Å². The number of nitrogens with one attached hydrogen (secondary N) is 1. The fourth-order valence-electron chi connectivity index (χ4n) is 2.33. The first-order chi connectivity index (χ1) is 12.1. The van der Waals surface area contributed by atoms with Crippen molar-refractivity contribution >= 4 is 34.8 Å². The molecule has 25 heavy (non-hydrogen) atoms. The van der Waals surface area contributed by atoms with E-state index in [-0.39, 0.29) is 5.91 Å². The van der Waals surface area contributed by atoms with Gasteiger partial charge in [0.25, 0.3) is 5.91 Å². The number of rotatable bonds is 2. The molecule has 0 aliphatic carbocycles. The van der Waals surface area contributed by atoms with Gasteiger partial charge in [-0.25, -0.2) is 4.99 Å². The second kappa shape index (κ2) is 7.85. The highest BCUT2D eigenvalue weighted by molar-refractivity contribution is 7.80. The molecule has 1 amide bonds. The second-order valence-corrected chi connectivity index (χ2v) is 6.83. The maximum Gasteiger partial charge on any atom is 0.277 e. The van der Waals surface area contributed by atoms with Crippen molar-refractivity contribution in [2.24, 2.45) is 4.99 Å². The molecule has 0 bridgehead atoms. The normalized spacial score (nSPS) is 15.3. The Labute approximate surface area is 155 Å². The first kappa shape index (κ1) is 17.7. The zero-order valence-corrected chi connectivity index (χ0v) is 15.7. The molecule has 1 saturated heterocycles. The zero-order chi connectivity index (χ0) is 17.8. The minimum Gasteiger partial charge on any atom is -0.378 e. The summed E-state index contributed by atoms with van der Waals surface area (Å²) in [5.74, 6) is -0.150. The molecule has 9 heteroatoms. The molecule has 2 heterocycles. The molecule has 3 rings (SSSR count). The van der Waals surface area contributed by atoms with Crippen molar-refractivity contribution < 1.29 is 9.53 Å². The van der Waals surface area contributed by atoms with E-state index in [1.807, 2.05) is 31.2 Å². The molecule has 1 aliphatic rings. The lowest BCUT2D eigenvalue weighted by Gasteiger charge is -2.25. The summed E-state index contributed by atoms with van der Waals surface area (Å²) in [5, 5.41) is 7.62. The van der Waals surface area contributed by atoms with Crippen molar-refractivity contribution in [3.63, 3.8) is 0 Å². The fourth-order valence-corrected chi connectivity index (χ4v) is 3.34. The number of carbonyl (C=O) groups is 1. The van der Waals surface area contributed by atoms with Gasteiger partial charge in [-0.05, 0) is 42.8 Å². The summed E-state index contributed by atoms with van der Waals surface area (Å²) in [7, 11) is 1.70. The number of thiocarbonyl (C=S) groups is 1. The first-order valence-corrected chi connectivity index (χ1v) is 9.08. The number of hydrogen-bond donors (Lipinski definition) is 1. The predicted molar refractivity (Wildman–Crippen MR) is 100 cm³/mol. The van der Waals surface area contributed by atoms with Crippen LogP contribution in [0.4, 0.5) is 0 Å². The number of aromatic nitrogens is 2. The van der Waals surface area contributed by atoms with Gasteiger partial charge in [0.2, 0.25) is 0 Å². The Hall–Kier alpha value is -2.10. The van der Waals surface area contributed by atoms with E-state index in [4.69, 9.17) is 17.0 Å². The summed E-state index contributed by atoms with van der Waals surface area (Å²) in [4.78, 5) is 18.9. The smallest absolute Gasteiger partial charge is 0.277 e. The quantitative estimate of drug-likeness (QED) is 0.794. The third-order valence-electron chi connectivity index (χ3n) is 3.74. The van der Waals surface area contributed by atoms with Crippen molar-refractivity contribution in [1.29, 1.82) is 0 Å². The third kappa shape index (κ3) is 4.12. The number of amides is 1. The van der Waals surface area contributed by atoms with Crippen molar-refractivity contribution in [1.82, 2.24) is 19.4 Å². The van der Waals surface area contributed by atoms with E-state index in [0.717, 1.165) is 11.3 Å². The van der Waals surface area contributed by atoms with Crippen LogP contribution in [0.3, 0.4) is 0 Å². The number of hydrogen-bond acceptors (Lipinski definition) is 5. The van der Waals surface area contributed by atoms with Gasteiger partial charge in [-0.2, -0.15) is 4.07 Å². The Bertz CT molecular complexity index is 835. The van der Waals surface area contributed by atoms with Gasteiger partial charge in [0.05, 0.1) is 18.9 Å². The number of aryl methyl sites for hydroxylation is 1. The molecule has 0 saturated carbocycles. The molecule has 0 spiro atoms. The zero-order valence-electron chi connectivity index (χ0n) is 14.1. The molecule has 0 atom stereocenters. The minimum absolute atomic E-state index is 0.150. The Balaban J connectivity index is 2.02. The lowest BCUT2D eigenvalue weighted by Crippen LogP contribution is -2.42. The summed E-state index contributed by atoms with van der Waals surface area (Å²) in [6.45, 7) is 4.20. The van der Waals surface area contributed by atoms with Gasteiger partial charge in [0.15, 0.2) is 15.5 Å². The Kier molecular flexibility index (Phi) is 5.57. The maximum atomic E-state index is 12.9. The monoisotopic (exact) mass is 377 g/mol. The Morgan fingerprint density at radius 1 is 1.32 bits per heavy atom. The largest absolute Gasteiger partial charge is 0.378 e. The number of carbonyl (C=O) groups excluding carboxylic acids is 1. The van der Waals surface area contributed by atoms with Gasteiger partial charge in [-0.1, -0.05) is 17.7 Å². The van der Waals surface area contributed by atoms with Gasteiger partial charge >= 0.3 is 0 Å². The number of ether oxygens (including phenoxy) is 1. The molecule has 1 fully saturated rings. The van der Waals surface area contributed by atoms with Crippen LogP contribution in [0.15, 0.2) is 29.3 Å². The van der Waals surface area contributed by atoms with Crippen LogP contribution >= 0.6 is 23.8 Å². The molecular weight excluding hydrogens is 358 g/mol. The van der Waals surface area contributed by atoms with Crippen LogP contribution in [-0.2, 0) is 4.74 Å². The van der Waals surface area contributed by atoms with Crippen LogP contribution in [0.5, 0.6) is 0 Å². The van der Waals surface area contributed by atoms with Crippen molar-refractivity contribution in [3.05, 3.63) is 40.2 Å². The van der Waals surface area contributed by atoms with E-state index < -0.39 is 0 Å². The predicted octanol–water partition coefficient (Wildman–Crippen LogP) is 1.12. The fraction of sp³-hybridized carbons (Fsp3) is 0.375. The van der Waals surface area contributed by atoms with Gasteiger partial charge < -0.3 is 15.0 Å². The van der Waals surface area contributed by atoms with Crippen LogP contribution in [0.2, 0.25) is 0 Å². The van der Waals surface area contributed by atoms with Crippen LogP contribution < -0.4 is 9.99 Å². The molecule has 0 unspecified atom stereocenters. The van der Waals surface area contributed by atoms with E-state index in [0.29, 0.717) is 41.8 Å². The maximum absolute atomic E-state index is 12.9. The van der Waals surface area contributed by atoms with Gasteiger partial charge in [-0.3, -0.25) is 4.79 Å². The Morgan fingerprint density at radius 2 is 2.00 bits per heavy atom. The van der Waals surface area contributed by atoms with E-state index in [9.17, 15) is 4.79 Å². The van der Waals surface area contributed by atoms with Gasteiger partial charge in [0, 0.05) is 20.1 Å². The molecule has 132 valence electrons. The molecule has 1 aromatic carbocycles. The minimum atomic E-state index is -0.150. The number of morpholine rings is 1. The topological polar surface area (TPSA) is 71.8 Å². The van der Waals surface area contributed by atoms with Crippen LogP contribution in [-0.4, -0.2) is 58.4 Å². The van der Waals surface area contributed by atoms with Crippen LogP contribution in [0.25, 0.3) is 5.69 Å². The average molecular weight is 377 g/mol. The summed E-state index contributed by atoms with van der Waals surface area (Å²) in [6, 6.07) is 7.93. The van der Waals surface area contributed by atoms with E-state index >= 15 is 0 Å². The highest BCUT2D eigenvalue weighted by atomic mass is 32.1. The van der Waals surface area contributed by atoms with Crippen LogP contribution in [0, 0.1) is 6.92 Å². The lowest BCUT2D eigenvalue weighted by molar-refractivity contribution is 0.0297. The molecule has 7 nitrogen and oxygen atoms in total. The summed E-state index contributed by atoms with van der Waals surface area (Å²) >= 11 is 6.42. The van der Waals surface area contributed by atoms with Gasteiger partial charge in [-0.15, -0.1) is 5.10 Å². The van der Waals surface area contributed by atoms with E-state index in [2.05, 4.69) is 15.4 Å². The molecule has 2 aromatic rings. The first-order valence-electron chi connectivity index (χ1n) is 7.89. The number of benzene rings is 1. The molecule has 1 N–H and O–H groups in total. The second-order valence-electron chi connectivity index (χ2n) is 5.53.